The molecule has 134 valence electrons. The quantitative estimate of drug-likeness (QED) is 0.797. The topological polar surface area (TPSA) is 57.7 Å². The standard InChI is InChI=1S/C17H19ClN2O3S2/c1-12-10-16(24-13(12)2)17(21)19-6-8-20(9-7-19)25(22,23)15-5-3-4-14(18)11-15/h3-5,10-11H,6-9H2,1-2H3. The molecule has 1 aliphatic rings. The summed E-state index contributed by atoms with van der Waals surface area (Å²) in [6.45, 7) is 5.31. The van der Waals surface area contributed by atoms with Gasteiger partial charge in [-0.05, 0) is 43.7 Å². The molecule has 1 aromatic heterocycles. The Morgan fingerprint density at radius 3 is 2.36 bits per heavy atom. The van der Waals surface area contributed by atoms with Gasteiger partial charge in [-0.1, -0.05) is 17.7 Å². The van der Waals surface area contributed by atoms with Gasteiger partial charge in [-0.25, -0.2) is 8.42 Å². The van der Waals surface area contributed by atoms with Gasteiger partial charge in [0.05, 0.1) is 9.77 Å². The van der Waals surface area contributed by atoms with Crippen LogP contribution in [-0.2, 0) is 10.0 Å². The molecule has 0 bridgehead atoms. The fourth-order valence-electron chi connectivity index (χ4n) is 2.74. The van der Waals surface area contributed by atoms with E-state index in [1.807, 2.05) is 19.9 Å². The van der Waals surface area contributed by atoms with E-state index in [2.05, 4.69) is 0 Å². The average Bonchev–Trinajstić information content (AvgIpc) is 2.93. The van der Waals surface area contributed by atoms with Crippen molar-refractivity contribution < 1.29 is 13.2 Å². The first kappa shape index (κ1) is 18.4. The van der Waals surface area contributed by atoms with Gasteiger partial charge in [0.15, 0.2) is 0 Å². The average molecular weight is 399 g/mol. The van der Waals surface area contributed by atoms with E-state index >= 15 is 0 Å². The summed E-state index contributed by atoms with van der Waals surface area (Å²) in [5, 5.41) is 0.387. The van der Waals surface area contributed by atoms with Crippen LogP contribution in [0.4, 0.5) is 0 Å². The summed E-state index contributed by atoms with van der Waals surface area (Å²) < 4.78 is 26.8. The van der Waals surface area contributed by atoms with E-state index in [-0.39, 0.29) is 23.9 Å². The maximum Gasteiger partial charge on any atom is 0.264 e. The number of aryl methyl sites for hydroxylation is 2. The first-order valence-electron chi connectivity index (χ1n) is 7.91. The first-order valence-corrected chi connectivity index (χ1v) is 10.5. The number of piperazine rings is 1. The van der Waals surface area contributed by atoms with Gasteiger partial charge >= 0.3 is 0 Å². The highest BCUT2D eigenvalue weighted by molar-refractivity contribution is 7.89. The van der Waals surface area contributed by atoms with Gasteiger partial charge in [0.2, 0.25) is 10.0 Å². The molecule has 8 heteroatoms. The molecule has 0 spiro atoms. The number of hydrogen-bond acceptors (Lipinski definition) is 4. The minimum absolute atomic E-state index is 0.0268. The Hall–Kier alpha value is -1.41. The molecule has 5 nitrogen and oxygen atoms in total. The fourth-order valence-corrected chi connectivity index (χ4v) is 5.47. The van der Waals surface area contributed by atoms with Crippen molar-refractivity contribution in [1.29, 1.82) is 0 Å². The molecule has 1 aromatic carbocycles. The van der Waals surface area contributed by atoms with Crippen LogP contribution < -0.4 is 0 Å². The maximum atomic E-state index is 12.7. The third-order valence-corrected chi connectivity index (χ3v) is 7.61. The van der Waals surface area contributed by atoms with Crippen molar-refractivity contribution in [2.45, 2.75) is 18.7 Å². The second-order valence-corrected chi connectivity index (χ2v) is 9.63. The molecule has 3 rings (SSSR count). The van der Waals surface area contributed by atoms with Gasteiger partial charge < -0.3 is 4.90 Å². The molecular formula is C17H19ClN2O3S2. The van der Waals surface area contributed by atoms with Crippen LogP contribution in [0.5, 0.6) is 0 Å². The van der Waals surface area contributed by atoms with Crippen molar-refractivity contribution >= 4 is 38.9 Å². The normalized spacial score (nSPS) is 16.2. The third-order valence-electron chi connectivity index (χ3n) is 4.34. The maximum absolute atomic E-state index is 12.7. The second-order valence-electron chi connectivity index (χ2n) is 6.00. The third kappa shape index (κ3) is 3.74. The molecule has 1 fully saturated rings. The molecule has 0 N–H and O–H groups in total. The molecule has 2 aromatic rings. The van der Waals surface area contributed by atoms with Crippen molar-refractivity contribution in [1.82, 2.24) is 9.21 Å². The molecule has 1 amide bonds. The largest absolute Gasteiger partial charge is 0.335 e. The van der Waals surface area contributed by atoms with Crippen molar-refractivity contribution in [3.8, 4) is 0 Å². The molecule has 0 radical (unpaired) electrons. The number of thiophene rings is 1. The lowest BCUT2D eigenvalue weighted by molar-refractivity contribution is 0.0702. The van der Waals surface area contributed by atoms with E-state index in [4.69, 9.17) is 11.6 Å². The minimum Gasteiger partial charge on any atom is -0.335 e. The summed E-state index contributed by atoms with van der Waals surface area (Å²) >= 11 is 7.39. The van der Waals surface area contributed by atoms with Gasteiger partial charge in [-0.15, -0.1) is 11.3 Å². The highest BCUT2D eigenvalue weighted by Crippen LogP contribution is 2.24. The smallest absolute Gasteiger partial charge is 0.264 e. The number of amides is 1. The van der Waals surface area contributed by atoms with E-state index in [0.717, 1.165) is 10.4 Å². The Labute approximate surface area is 156 Å². The fraction of sp³-hybridized carbons (Fsp3) is 0.353. The van der Waals surface area contributed by atoms with Crippen LogP contribution in [0.2, 0.25) is 5.02 Å². The number of sulfonamides is 1. The van der Waals surface area contributed by atoms with Crippen molar-refractivity contribution in [3.63, 3.8) is 0 Å². The van der Waals surface area contributed by atoms with Crippen LogP contribution in [-0.4, -0.2) is 49.7 Å². The monoisotopic (exact) mass is 398 g/mol. The zero-order valence-corrected chi connectivity index (χ0v) is 16.4. The number of carbonyl (C=O) groups excluding carboxylic acids is 1. The van der Waals surface area contributed by atoms with E-state index in [1.165, 1.54) is 27.8 Å². The number of benzene rings is 1. The van der Waals surface area contributed by atoms with Crippen LogP contribution in [0.25, 0.3) is 0 Å². The lowest BCUT2D eigenvalue weighted by atomic mass is 10.2. The molecule has 0 saturated carbocycles. The lowest BCUT2D eigenvalue weighted by Crippen LogP contribution is -2.50. The van der Waals surface area contributed by atoms with Gasteiger partial charge in [0, 0.05) is 36.1 Å². The highest BCUT2D eigenvalue weighted by atomic mass is 35.5. The minimum atomic E-state index is -3.59. The number of carbonyl (C=O) groups is 1. The number of nitrogens with zero attached hydrogens (tertiary/aromatic N) is 2. The molecular weight excluding hydrogens is 380 g/mol. The van der Waals surface area contributed by atoms with Crippen LogP contribution in [0.1, 0.15) is 20.1 Å². The predicted octanol–water partition coefficient (Wildman–Crippen LogP) is 3.17. The number of halogens is 1. The van der Waals surface area contributed by atoms with Gasteiger partial charge in [-0.2, -0.15) is 4.31 Å². The molecule has 25 heavy (non-hydrogen) atoms. The summed E-state index contributed by atoms with van der Waals surface area (Å²) in [4.78, 5) is 16.3. The van der Waals surface area contributed by atoms with Crippen LogP contribution in [0.3, 0.4) is 0 Å². The van der Waals surface area contributed by atoms with Gasteiger partial charge in [0.25, 0.3) is 5.91 Å². The highest BCUT2D eigenvalue weighted by Gasteiger charge is 2.31. The molecule has 0 atom stereocenters. The number of rotatable bonds is 3. The zero-order valence-electron chi connectivity index (χ0n) is 14.0. The molecule has 2 heterocycles. The molecule has 0 unspecified atom stereocenters. The second kappa shape index (κ2) is 7.07. The van der Waals surface area contributed by atoms with Crippen molar-refractivity contribution in [2.24, 2.45) is 0 Å². The summed E-state index contributed by atoms with van der Waals surface area (Å²) in [5.74, 6) is -0.0268. The summed E-state index contributed by atoms with van der Waals surface area (Å²) in [7, 11) is -3.59. The van der Waals surface area contributed by atoms with E-state index in [0.29, 0.717) is 23.0 Å². The molecule has 0 aliphatic carbocycles. The van der Waals surface area contributed by atoms with E-state index < -0.39 is 10.0 Å². The molecule has 1 saturated heterocycles. The van der Waals surface area contributed by atoms with Gasteiger partial charge in [0.1, 0.15) is 0 Å². The van der Waals surface area contributed by atoms with Crippen molar-refractivity contribution in [2.75, 3.05) is 26.2 Å². The van der Waals surface area contributed by atoms with Crippen LogP contribution >= 0.6 is 22.9 Å². The molecule has 1 aliphatic heterocycles. The summed E-state index contributed by atoms with van der Waals surface area (Å²) in [5.41, 5.74) is 1.11. The Morgan fingerprint density at radius 1 is 1.12 bits per heavy atom. The Kier molecular flexibility index (Phi) is 5.20. The van der Waals surface area contributed by atoms with Crippen LogP contribution in [0.15, 0.2) is 35.2 Å². The zero-order chi connectivity index (χ0) is 18.2. The SMILES string of the molecule is Cc1cc(C(=O)N2CCN(S(=O)(=O)c3cccc(Cl)c3)CC2)sc1C. The first-order chi connectivity index (χ1) is 11.8. The Bertz CT molecular complexity index is 881. The van der Waals surface area contributed by atoms with Crippen LogP contribution in [0, 0.1) is 13.8 Å². The summed E-state index contributed by atoms with van der Waals surface area (Å²) in [6.07, 6.45) is 0. The number of hydrogen-bond donors (Lipinski definition) is 0. The Morgan fingerprint density at radius 2 is 1.80 bits per heavy atom. The summed E-state index contributed by atoms with van der Waals surface area (Å²) in [6, 6.07) is 8.15. The predicted molar refractivity (Wildman–Crippen MR) is 99.9 cm³/mol. The van der Waals surface area contributed by atoms with Crippen molar-refractivity contribution in [3.05, 3.63) is 50.7 Å². The Balaban J connectivity index is 1.70. The van der Waals surface area contributed by atoms with Gasteiger partial charge in [-0.3, -0.25) is 4.79 Å². The van der Waals surface area contributed by atoms with E-state index in [1.54, 1.807) is 17.0 Å². The van der Waals surface area contributed by atoms with E-state index in [9.17, 15) is 13.2 Å². The lowest BCUT2D eigenvalue weighted by Gasteiger charge is -2.33.